The number of nitrogens with zero attached hydrogens (tertiary/aromatic N) is 5. The van der Waals surface area contributed by atoms with E-state index in [0.717, 1.165) is 62.5 Å². The topological polar surface area (TPSA) is 45.2 Å². The highest BCUT2D eigenvalue weighted by Crippen LogP contribution is 2.17. The summed E-state index contributed by atoms with van der Waals surface area (Å²) in [4.78, 5) is 18.9. The van der Waals surface area contributed by atoms with Crippen LogP contribution in [-0.4, -0.2) is 24.8 Å². The van der Waals surface area contributed by atoms with Crippen LogP contribution in [0.15, 0.2) is 97.7 Å². The van der Waals surface area contributed by atoms with Crippen LogP contribution in [0.1, 0.15) is 60.1 Å². The van der Waals surface area contributed by atoms with Crippen LogP contribution in [0.3, 0.4) is 0 Å². The van der Waals surface area contributed by atoms with Gasteiger partial charge >= 0.3 is 0 Å². The zero-order chi connectivity index (χ0) is 26.6. The lowest BCUT2D eigenvalue weighted by Crippen LogP contribution is -2.23. The third-order valence-electron chi connectivity index (χ3n) is 6.87. The highest BCUT2D eigenvalue weighted by atomic mass is 15.2. The number of pyridine rings is 3. The molecule has 5 nitrogen and oxygen atoms in total. The largest absolute Gasteiger partial charge is 0.366 e. The summed E-state index contributed by atoms with van der Waals surface area (Å²) in [6, 6.07) is 23.2. The second-order valence-electron chi connectivity index (χ2n) is 9.48. The summed E-state index contributed by atoms with van der Waals surface area (Å²) in [5.74, 6) is 0. The van der Waals surface area contributed by atoms with E-state index in [1.165, 1.54) is 22.3 Å². The Bertz CT molecular complexity index is 1250. The molecule has 5 heteroatoms. The van der Waals surface area contributed by atoms with Crippen LogP contribution in [0.4, 0.5) is 0 Å². The van der Waals surface area contributed by atoms with Gasteiger partial charge in [0, 0.05) is 37.5 Å². The summed E-state index contributed by atoms with van der Waals surface area (Å²) in [6.45, 7) is 9.57. The first-order valence-electron chi connectivity index (χ1n) is 13.7. The molecule has 4 rings (SSSR count). The Kier molecular flexibility index (Phi) is 10.0. The standard InChI is InChI=1S/C33H39N5/c1-4-28-15-10-18-34-31(28)24-37(23-27-13-8-7-9-14-27)21-22-38(25-32-29(5-2)16-11-19-35-32)26-33-30(6-3)17-12-20-36-33/h7-22H,4-6,23-26H2,1-3H3/b22-21+. The maximum Gasteiger partial charge on any atom is 0.0628 e. The summed E-state index contributed by atoms with van der Waals surface area (Å²) in [5.41, 5.74) is 8.47. The molecule has 0 unspecified atom stereocenters. The first kappa shape index (κ1) is 27.1. The van der Waals surface area contributed by atoms with Gasteiger partial charge in [0.2, 0.25) is 0 Å². The minimum Gasteiger partial charge on any atom is -0.366 e. The fraction of sp³-hybridized carbons (Fsp3) is 0.303. The highest BCUT2D eigenvalue weighted by Gasteiger charge is 2.12. The molecular weight excluding hydrogens is 466 g/mol. The molecule has 38 heavy (non-hydrogen) atoms. The molecule has 0 aliphatic carbocycles. The number of hydrogen-bond acceptors (Lipinski definition) is 5. The molecule has 0 aliphatic heterocycles. The SMILES string of the molecule is CCc1cccnc1CN(/C=C/N(Cc1ncccc1CC)Cc1ncccc1CC)Cc1ccccc1. The molecule has 0 aliphatic rings. The molecule has 0 saturated carbocycles. The fourth-order valence-electron chi connectivity index (χ4n) is 4.71. The van der Waals surface area contributed by atoms with E-state index in [9.17, 15) is 0 Å². The van der Waals surface area contributed by atoms with E-state index in [0.29, 0.717) is 0 Å². The summed E-state index contributed by atoms with van der Waals surface area (Å²) < 4.78 is 0. The number of aromatic nitrogens is 3. The molecule has 0 spiro atoms. The van der Waals surface area contributed by atoms with Crippen molar-refractivity contribution in [3.63, 3.8) is 0 Å². The molecule has 0 radical (unpaired) electrons. The molecule has 0 bridgehead atoms. The molecule has 0 fully saturated rings. The van der Waals surface area contributed by atoms with Crippen LogP contribution in [-0.2, 0) is 45.4 Å². The van der Waals surface area contributed by atoms with E-state index >= 15 is 0 Å². The van der Waals surface area contributed by atoms with Gasteiger partial charge in [-0.1, -0.05) is 69.3 Å². The van der Waals surface area contributed by atoms with Gasteiger partial charge in [0.1, 0.15) is 0 Å². The third kappa shape index (κ3) is 7.51. The van der Waals surface area contributed by atoms with Crippen LogP contribution in [0.2, 0.25) is 0 Å². The molecule has 3 aromatic heterocycles. The molecule has 196 valence electrons. The average Bonchev–Trinajstić information content (AvgIpc) is 2.97. The maximum atomic E-state index is 4.74. The molecule has 0 atom stereocenters. The third-order valence-corrected chi connectivity index (χ3v) is 6.87. The summed E-state index contributed by atoms with van der Waals surface area (Å²) >= 11 is 0. The van der Waals surface area contributed by atoms with Gasteiger partial charge < -0.3 is 9.80 Å². The average molecular weight is 506 g/mol. The minimum absolute atomic E-state index is 0.725. The minimum atomic E-state index is 0.725. The Hall–Kier alpha value is -3.99. The van der Waals surface area contributed by atoms with Crippen LogP contribution in [0, 0.1) is 0 Å². The number of aryl methyl sites for hydroxylation is 3. The molecular formula is C33H39N5. The monoisotopic (exact) mass is 505 g/mol. The van der Waals surface area contributed by atoms with Gasteiger partial charge in [-0.05, 0) is 59.7 Å². The highest BCUT2D eigenvalue weighted by molar-refractivity contribution is 5.23. The molecule has 3 heterocycles. The van der Waals surface area contributed by atoms with Crippen molar-refractivity contribution in [3.8, 4) is 0 Å². The van der Waals surface area contributed by atoms with Gasteiger partial charge in [0.05, 0.1) is 36.7 Å². The van der Waals surface area contributed by atoms with E-state index in [-0.39, 0.29) is 0 Å². The molecule has 0 N–H and O–H groups in total. The normalized spacial score (nSPS) is 11.1. The first-order valence-corrected chi connectivity index (χ1v) is 13.7. The molecule has 1 aromatic carbocycles. The van der Waals surface area contributed by atoms with Crippen molar-refractivity contribution in [2.75, 3.05) is 0 Å². The summed E-state index contributed by atoms with van der Waals surface area (Å²) in [5, 5.41) is 0. The molecule has 0 amide bonds. The van der Waals surface area contributed by atoms with Gasteiger partial charge in [0.25, 0.3) is 0 Å². The second-order valence-corrected chi connectivity index (χ2v) is 9.48. The van der Waals surface area contributed by atoms with Crippen molar-refractivity contribution in [2.24, 2.45) is 0 Å². The van der Waals surface area contributed by atoms with Crippen molar-refractivity contribution in [1.82, 2.24) is 24.8 Å². The quantitative estimate of drug-likeness (QED) is 0.201. The second kappa shape index (κ2) is 14.1. The lowest BCUT2D eigenvalue weighted by molar-refractivity contribution is 0.316. The van der Waals surface area contributed by atoms with Crippen LogP contribution >= 0.6 is 0 Å². The van der Waals surface area contributed by atoms with Crippen LogP contribution < -0.4 is 0 Å². The first-order chi connectivity index (χ1) is 18.7. The Labute approximate surface area is 227 Å². The van der Waals surface area contributed by atoms with E-state index in [1.54, 1.807) is 0 Å². The predicted molar refractivity (Wildman–Crippen MR) is 155 cm³/mol. The predicted octanol–water partition coefficient (Wildman–Crippen LogP) is 6.73. The summed E-state index contributed by atoms with van der Waals surface area (Å²) in [6.07, 6.45) is 13.0. The van der Waals surface area contributed by atoms with Crippen LogP contribution in [0.25, 0.3) is 0 Å². The Morgan fingerprint density at radius 3 is 1.29 bits per heavy atom. The van der Waals surface area contributed by atoms with Gasteiger partial charge in [-0.2, -0.15) is 0 Å². The molecule has 4 aromatic rings. The number of rotatable bonds is 13. The van der Waals surface area contributed by atoms with E-state index in [1.807, 2.05) is 36.8 Å². The van der Waals surface area contributed by atoms with E-state index < -0.39 is 0 Å². The number of benzene rings is 1. The van der Waals surface area contributed by atoms with Crippen molar-refractivity contribution in [3.05, 3.63) is 137 Å². The summed E-state index contributed by atoms with van der Waals surface area (Å²) in [7, 11) is 0. The van der Waals surface area contributed by atoms with Gasteiger partial charge in [-0.15, -0.1) is 0 Å². The maximum absolute atomic E-state index is 4.74. The zero-order valence-electron chi connectivity index (χ0n) is 22.9. The van der Waals surface area contributed by atoms with Crippen molar-refractivity contribution >= 4 is 0 Å². The Balaban J connectivity index is 1.65. The molecule has 0 saturated heterocycles. The van der Waals surface area contributed by atoms with Gasteiger partial charge in [-0.3, -0.25) is 15.0 Å². The van der Waals surface area contributed by atoms with Crippen LogP contribution in [0.5, 0.6) is 0 Å². The Morgan fingerprint density at radius 2 is 0.895 bits per heavy atom. The lowest BCUT2D eigenvalue weighted by atomic mass is 10.1. The van der Waals surface area contributed by atoms with Crippen molar-refractivity contribution in [1.29, 1.82) is 0 Å². The smallest absolute Gasteiger partial charge is 0.0628 e. The van der Waals surface area contributed by atoms with Crippen molar-refractivity contribution < 1.29 is 0 Å². The van der Waals surface area contributed by atoms with Gasteiger partial charge in [0.15, 0.2) is 0 Å². The van der Waals surface area contributed by atoms with Crippen molar-refractivity contribution in [2.45, 2.75) is 66.2 Å². The van der Waals surface area contributed by atoms with E-state index in [4.69, 9.17) is 15.0 Å². The van der Waals surface area contributed by atoms with Gasteiger partial charge in [-0.25, -0.2) is 0 Å². The lowest BCUT2D eigenvalue weighted by Gasteiger charge is -2.26. The number of hydrogen-bond donors (Lipinski definition) is 0. The van der Waals surface area contributed by atoms with E-state index in [2.05, 4.69) is 91.5 Å². The fourth-order valence-corrected chi connectivity index (χ4v) is 4.71. The Morgan fingerprint density at radius 1 is 0.500 bits per heavy atom. The zero-order valence-corrected chi connectivity index (χ0v) is 22.9.